The van der Waals surface area contributed by atoms with Crippen molar-refractivity contribution in [2.75, 3.05) is 32.9 Å². The van der Waals surface area contributed by atoms with Crippen LogP contribution in [0.4, 0.5) is 0 Å². The van der Waals surface area contributed by atoms with Gasteiger partial charge in [-0.2, -0.15) is 0 Å². The third kappa shape index (κ3) is 4.77. The van der Waals surface area contributed by atoms with Crippen molar-refractivity contribution in [2.45, 2.75) is 44.2 Å². The minimum atomic E-state index is 0.0802. The fraction of sp³-hybridized carbons (Fsp3) is 0.571. The Hall–Kier alpha value is -2.25. The lowest BCUT2D eigenvalue weighted by molar-refractivity contribution is -0.138. The quantitative estimate of drug-likeness (QED) is 0.732. The molecule has 2 aliphatic rings. The molecule has 28 heavy (non-hydrogen) atoms. The molecule has 1 amide bonds. The topological polar surface area (TPSA) is 69.5 Å². The van der Waals surface area contributed by atoms with Crippen LogP contribution in [0.25, 0.3) is 0 Å². The van der Waals surface area contributed by atoms with E-state index in [1.165, 1.54) is 5.56 Å². The SMILES string of the molecule is O=C(COC[C@H]1CCCO1)N1CCC(c2nccn2Cc2ccncc2)CC1. The fourth-order valence-electron chi connectivity index (χ4n) is 4.03. The van der Waals surface area contributed by atoms with E-state index in [9.17, 15) is 4.79 Å². The first kappa shape index (κ1) is 19.1. The predicted octanol–water partition coefficient (Wildman–Crippen LogP) is 2.23. The standard InChI is InChI=1S/C21H28N4O3/c26-20(16-27-15-19-2-1-13-28-19)24-10-5-18(6-11-24)21-23-9-12-25(21)14-17-3-7-22-8-4-17/h3-4,7-9,12,18-19H,1-2,5-6,10-11,13-16H2/t19-/m1/s1. The molecule has 2 aromatic heterocycles. The molecule has 2 aliphatic heterocycles. The normalized spacial score (nSPS) is 20.6. The molecule has 0 bridgehead atoms. The number of nitrogens with zero attached hydrogens (tertiary/aromatic N) is 4. The molecule has 7 nitrogen and oxygen atoms in total. The summed E-state index contributed by atoms with van der Waals surface area (Å²) in [7, 11) is 0. The average molecular weight is 384 g/mol. The zero-order valence-electron chi connectivity index (χ0n) is 16.2. The van der Waals surface area contributed by atoms with Crippen molar-refractivity contribution in [1.29, 1.82) is 0 Å². The van der Waals surface area contributed by atoms with E-state index < -0.39 is 0 Å². The van der Waals surface area contributed by atoms with Gasteiger partial charge >= 0.3 is 0 Å². The summed E-state index contributed by atoms with van der Waals surface area (Å²) >= 11 is 0. The number of hydrogen-bond acceptors (Lipinski definition) is 5. The molecule has 2 fully saturated rings. The molecule has 1 atom stereocenters. The monoisotopic (exact) mass is 384 g/mol. The van der Waals surface area contributed by atoms with Gasteiger partial charge in [-0.15, -0.1) is 0 Å². The molecule has 0 aromatic carbocycles. The van der Waals surface area contributed by atoms with E-state index in [0.717, 1.165) is 57.7 Å². The van der Waals surface area contributed by atoms with Gasteiger partial charge in [0.15, 0.2) is 0 Å². The summed E-state index contributed by atoms with van der Waals surface area (Å²) in [4.78, 5) is 23.0. The molecule has 0 aliphatic carbocycles. The number of rotatable bonds is 7. The second-order valence-electron chi connectivity index (χ2n) is 7.57. The Labute approximate surface area is 165 Å². The lowest BCUT2D eigenvalue weighted by Crippen LogP contribution is -2.40. The van der Waals surface area contributed by atoms with E-state index in [2.05, 4.69) is 14.5 Å². The lowest BCUT2D eigenvalue weighted by Gasteiger charge is -2.32. The van der Waals surface area contributed by atoms with Gasteiger partial charge in [0.2, 0.25) is 5.91 Å². The molecule has 0 saturated carbocycles. The van der Waals surface area contributed by atoms with Crippen LogP contribution in [0.1, 0.15) is 43.0 Å². The highest BCUT2D eigenvalue weighted by Crippen LogP contribution is 2.27. The van der Waals surface area contributed by atoms with E-state index in [1.54, 1.807) is 0 Å². The van der Waals surface area contributed by atoms with Crippen LogP contribution in [0.15, 0.2) is 36.9 Å². The molecule has 2 aromatic rings. The largest absolute Gasteiger partial charge is 0.376 e. The first-order chi connectivity index (χ1) is 13.8. The molecule has 4 rings (SSSR count). The van der Waals surface area contributed by atoms with E-state index >= 15 is 0 Å². The van der Waals surface area contributed by atoms with Gasteiger partial charge < -0.3 is 18.9 Å². The average Bonchev–Trinajstić information content (AvgIpc) is 3.41. The molecule has 0 radical (unpaired) electrons. The molecule has 4 heterocycles. The van der Waals surface area contributed by atoms with Gasteiger partial charge in [0.1, 0.15) is 12.4 Å². The number of aromatic nitrogens is 3. The summed E-state index contributed by atoms with van der Waals surface area (Å²) in [6.07, 6.45) is 11.7. The molecular formula is C21H28N4O3. The maximum absolute atomic E-state index is 12.4. The van der Waals surface area contributed by atoms with Crippen molar-refractivity contribution < 1.29 is 14.3 Å². The minimum absolute atomic E-state index is 0.0802. The van der Waals surface area contributed by atoms with Crippen LogP contribution in [0.2, 0.25) is 0 Å². The first-order valence-corrected chi connectivity index (χ1v) is 10.2. The van der Waals surface area contributed by atoms with Crippen LogP contribution in [-0.4, -0.2) is 64.4 Å². The van der Waals surface area contributed by atoms with Crippen LogP contribution in [-0.2, 0) is 20.8 Å². The number of imidazole rings is 1. The minimum Gasteiger partial charge on any atom is -0.376 e. The smallest absolute Gasteiger partial charge is 0.248 e. The fourth-order valence-corrected chi connectivity index (χ4v) is 4.03. The van der Waals surface area contributed by atoms with E-state index in [4.69, 9.17) is 9.47 Å². The Morgan fingerprint density at radius 2 is 2.00 bits per heavy atom. The van der Waals surface area contributed by atoms with Crippen molar-refractivity contribution in [3.05, 3.63) is 48.3 Å². The summed E-state index contributed by atoms with van der Waals surface area (Å²) in [5.41, 5.74) is 1.21. The second kappa shape index (κ2) is 9.30. The number of carbonyl (C=O) groups excluding carboxylic acids is 1. The second-order valence-corrected chi connectivity index (χ2v) is 7.57. The van der Waals surface area contributed by atoms with Gasteiger partial charge in [-0.3, -0.25) is 9.78 Å². The highest BCUT2D eigenvalue weighted by Gasteiger charge is 2.26. The Bertz CT molecular complexity index is 750. The van der Waals surface area contributed by atoms with Crippen molar-refractivity contribution in [3.63, 3.8) is 0 Å². The van der Waals surface area contributed by atoms with Gasteiger partial charge in [-0.05, 0) is 43.4 Å². The number of hydrogen-bond donors (Lipinski definition) is 0. The van der Waals surface area contributed by atoms with E-state index in [-0.39, 0.29) is 18.6 Å². The molecule has 0 spiro atoms. The number of ether oxygens (including phenoxy) is 2. The predicted molar refractivity (Wildman–Crippen MR) is 104 cm³/mol. The Morgan fingerprint density at radius 1 is 1.18 bits per heavy atom. The maximum atomic E-state index is 12.4. The zero-order chi connectivity index (χ0) is 19.2. The summed E-state index contributed by atoms with van der Waals surface area (Å²) in [5.74, 6) is 1.57. The molecular weight excluding hydrogens is 356 g/mol. The van der Waals surface area contributed by atoms with Gasteiger partial charge in [0.25, 0.3) is 0 Å². The molecule has 7 heteroatoms. The third-order valence-corrected chi connectivity index (χ3v) is 5.62. The van der Waals surface area contributed by atoms with Crippen molar-refractivity contribution in [2.24, 2.45) is 0 Å². The van der Waals surface area contributed by atoms with Gasteiger partial charge in [-0.1, -0.05) is 0 Å². The van der Waals surface area contributed by atoms with Gasteiger partial charge in [0, 0.05) is 56.9 Å². The number of carbonyl (C=O) groups is 1. The van der Waals surface area contributed by atoms with Crippen LogP contribution < -0.4 is 0 Å². The Morgan fingerprint density at radius 3 is 2.75 bits per heavy atom. The van der Waals surface area contributed by atoms with Crippen molar-refractivity contribution in [1.82, 2.24) is 19.4 Å². The first-order valence-electron chi connectivity index (χ1n) is 10.2. The lowest BCUT2D eigenvalue weighted by atomic mass is 9.95. The highest BCUT2D eigenvalue weighted by atomic mass is 16.5. The summed E-state index contributed by atoms with van der Waals surface area (Å²) in [5, 5.41) is 0. The summed E-state index contributed by atoms with van der Waals surface area (Å²) < 4.78 is 13.3. The van der Waals surface area contributed by atoms with Crippen molar-refractivity contribution in [3.8, 4) is 0 Å². The summed E-state index contributed by atoms with van der Waals surface area (Å²) in [6, 6.07) is 4.06. The van der Waals surface area contributed by atoms with Crippen molar-refractivity contribution >= 4 is 5.91 Å². The number of likely N-dealkylation sites (tertiary alicyclic amines) is 1. The van der Waals surface area contributed by atoms with Crippen LogP contribution in [0.5, 0.6) is 0 Å². The van der Waals surface area contributed by atoms with E-state index in [0.29, 0.717) is 12.5 Å². The molecule has 2 saturated heterocycles. The van der Waals surface area contributed by atoms with Crippen LogP contribution in [0, 0.1) is 0 Å². The Balaban J connectivity index is 1.25. The molecule has 150 valence electrons. The molecule has 0 N–H and O–H groups in total. The van der Waals surface area contributed by atoms with E-state index in [1.807, 2.05) is 41.8 Å². The highest BCUT2D eigenvalue weighted by molar-refractivity contribution is 5.77. The number of pyridine rings is 1. The zero-order valence-corrected chi connectivity index (χ0v) is 16.2. The van der Waals surface area contributed by atoms with Crippen LogP contribution >= 0.6 is 0 Å². The maximum Gasteiger partial charge on any atom is 0.248 e. The van der Waals surface area contributed by atoms with Gasteiger partial charge in [0.05, 0.1) is 12.7 Å². The van der Waals surface area contributed by atoms with Crippen LogP contribution in [0.3, 0.4) is 0 Å². The Kier molecular flexibility index (Phi) is 6.34. The third-order valence-electron chi connectivity index (χ3n) is 5.62. The number of piperidine rings is 1. The van der Waals surface area contributed by atoms with Gasteiger partial charge in [-0.25, -0.2) is 4.98 Å². The summed E-state index contributed by atoms with van der Waals surface area (Å²) in [6.45, 7) is 3.81. The number of amides is 1. The molecule has 0 unspecified atom stereocenters.